The molecule has 94 valence electrons. The van der Waals surface area contributed by atoms with Crippen molar-refractivity contribution >= 4 is 6.29 Å². The van der Waals surface area contributed by atoms with Crippen molar-refractivity contribution in [2.45, 2.75) is 20.3 Å². The first-order chi connectivity index (χ1) is 8.17. The second-order valence-corrected chi connectivity index (χ2v) is 4.21. The standard InChI is InChI=1S/C14H21NO2/c1-4-17-14-6-5-13(11-12(14)2)7-8-15(3)9-10-16/h5-6,10-11H,4,7-9H2,1-3H3. The molecule has 0 N–H and O–H groups in total. The molecule has 1 rings (SSSR count). The van der Waals surface area contributed by atoms with Crippen molar-refractivity contribution in [2.75, 3.05) is 26.7 Å². The van der Waals surface area contributed by atoms with Crippen molar-refractivity contribution in [1.82, 2.24) is 4.90 Å². The maximum absolute atomic E-state index is 10.3. The highest BCUT2D eigenvalue weighted by molar-refractivity contribution is 5.51. The van der Waals surface area contributed by atoms with Crippen LogP contribution in [0.15, 0.2) is 18.2 Å². The summed E-state index contributed by atoms with van der Waals surface area (Å²) in [7, 11) is 1.95. The van der Waals surface area contributed by atoms with Crippen LogP contribution in [-0.4, -0.2) is 37.9 Å². The van der Waals surface area contributed by atoms with E-state index >= 15 is 0 Å². The molecule has 3 heteroatoms. The molecule has 0 fully saturated rings. The lowest BCUT2D eigenvalue weighted by atomic mass is 10.1. The number of hydrogen-bond acceptors (Lipinski definition) is 3. The Labute approximate surface area is 103 Å². The SMILES string of the molecule is CCOc1ccc(CCN(C)CC=O)cc1C. The minimum atomic E-state index is 0.496. The van der Waals surface area contributed by atoms with Gasteiger partial charge in [-0.2, -0.15) is 0 Å². The Morgan fingerprint density at radius 2 is 2.18 bits per heavy atom. The van der Waals surface area contributed by atoms with Crippen molar-refractivity contribution in [1.29, 1.82) is 0 Å². The van der Waals surface area contributed by atoms with Gasteiger partial charge >= 0.3 is 0 Å². The summed E-state index contributed by atoms with van der Waals surface area (Å²) in [4.78, 5) is 12.4. The summed E-state index contributed by atoms with van der Waals surface area (Å²) >= 11 is 0. The number of carbonyl (C=O) groups is 1. The van der Waals surface area contributed by atoms with Crippen molar-refractivity contribution in [3.63, 3.8) is 0 Å². The lowest BCUT2D eigenvalue weighted by Gasteiger charge is -2.14. The van der Waals surface area contributed by atoms with Crippen molar-refractivity contribution < 1.29 is 9.53 Å². The molecule has 0 saturated heterocycles. The summed E-state index contributed by atoms with van der Waals surface area (Å²) in [6.45, 7) is 6.13. The average Bonchev–Trinajstić information content (AvgIpc) is 2.30. The third-order valence-corrected chi connectivity index (χ3v) is 2.71. The Balaban J connectivity index is 2.55. The van der Waals surface area contributed by atoms with E-state index in [2.05, 4.69) is 19.1 Å². The minimum absolute atomic E-state index is 0.496. The predicted octanol–water partition coefficient (Wildman–Crippen LogP) is 2.07. The van der Waals surface area contributed by atoms with E-state index in [1.165, 1.54) is 11.1 Å². The molecule has 0 aliphatic carbocycles. The molecular weight excluding hydrogens is 214 g/mol. The number of carbonyl (C=O) groups excluding carboxylic acids is 1. The number of aryl methyl sites for hydroxylation is 1. The summed E-state index contributed by atoms with van der Waals surface area (Å²) in [6.07, 6.45) is 1.89. The highest BCUT2D eigenvalue weighted by Gasteiger charge is 2.02. The number of ether oxygens (including phenoxy) is 1. The number of likely N-dealkylation sites (N-methyl/N-ethyl adjacent to an activating group) is 1. The summed E-state index contributed by atoms with van der Waals surface area (Å²) in [5, 5.41) is 0. The Morgan fingerprint density at radius 3 is 2.76 bits per heavy atom. The fourth-order valence-electron chi connectivity index (χ4n) is 1.72. The van der Waals surface area contributed by atoms with Crippen molar-refractivity contribution in [2.24, 2.45) is 0 Å². The fraction of sp³-hybridized carbons (Fsp3) is 0.500. The normalized spacial score (nSPS) is 10.6. The van der Waals surface area contributed by atoms with E-state index < -0.39 is 0 Å². The summed E-state index contributed by atoms with van der Waals surface area (Å²) in [5.41, 5.74) is 2.45. The van der Waals surface area contributed by atoms with Crippen LogP contribution in [-0.2, 0) is 11.2 Å². The molecule has 0 bridgehead atoms. The van der Waals surface area contributed by atoms with Crippen LogP contribution < -0.4 is 4.74 Å². The van der Waals surface area contributed by atoms with E-state index in [1.807, 2.05) is 24.9 Å². The molecule has 0 atom stereocenters. The molecule has 0 aromatic heterocycles. The van der Waals surface area contributed by atoms with Gasteiger partial charge in [0.25, 0.3) is 0 Å². The van der Waals surface area contributed by atoms with Crippen LogP contribution in [0, 0.1) is 6.92 Å². The van der Waals surface area contributed by atoms with Gasteiger partial charge in [-0.15, -0.1) is 0 Å². The van der Waals surface area contributed by atoms with Gasteiger partial charge in [-0.05, 0) is 44.5 Å². The van der Waals surface area contributed by atoms with E-state index in [9.17, 15) is 4.79 Å². The first-order valence-electron chi connectivity index (χ1n) is 6.02. The largest absolute Gasteiger partial charge is 0.494 e. The molecule has 0 amide bonds. The first kappa shape index (κ1) is 13.7. The molecule has 0 heterocycles. The number of rotatable bonds is 7. The molecule has 0 spiro atoms. The van der Waals surface area contributed by atoms with Crippen LogP contribution in [0.1, 0.15) is 18.1 Å². The van der Waals surface area contributed by atoms with Gasteiger partial charge in [0.15, 0.2) is 0 Å². The molecule has 0 radical (unpaired) electrons. The van der Waals surface area contributed by atoms with Gasteiger partial charge < -0.3 is 9.53 Å². The summed E-state index contributed by atoms with van der Waals surface area (Å²) in [5.74, 6) is 0.956. The van der Waals surface area contributed by atoms with E-state index in [-0.39, 0.29) is 0 Å². The Morgan fingerprint density at radius 1 is 1.41 bits per heavy atom. The van der Waals surface area contributed by atoms with Crippen LogP contribution in [0.25, 0.3) is 0 Å². The molecular formula is C14H21NO2. The predicted molar refractivity (Wildman–Crippen MR) is 69.6 cm³/mol. The number of hydrogen-bond donors (Lipinski definition) is 0. The van der Waals surface area contributed by atoms with E-state index in [1.54, 1.807) is 0 Å². The molecule has 0 unspecified atom stereocenters. The molecule has 1 aromatic rings. The fourth-order valence-corrected chi connectivity index (χ4v) is 1.72. The Bertz CT molecular complexity index is 363. The highest BCUT2D eigenvalue weighted by atomic mass is 16.5. The van der Waals surface area contributed by atoms with Crippen LogP contribution in [0.3, 0.4) is 0 Å². The maximum atomic E-state index is 10.3. The van der Waals surface area contributed by atoms with Crippen LogP contribution in [0.2, 0.25) is 0 Å². The Kier molecular flexibility index (Phi) is 5.70. The molecule has 17 heavy (non-hydrogen) atoms. The van der Waals surface area contributed by atoms with Crippen LogP contribution in [0.4, 0.5) is 0 Å². The number of benzene rings is 1. The second kappa shape index (κ2) is 7.07. The van der Waals surface area contributed by atoms with Gasteiger partial charge in [0, 0.05) is 6.54 Å². The zero-order chi connectivity index (χ0) is 12.7. The molecule has 0 saturated carbocycles. The maximum Gasteiger partial charge on any atom is 0.133 e. The molecule has 3 nitrogen and oxygen atoms in total. The van der Waals surface area contributed by atoms with Crippen molar-refractivity contribution in [3.05, 3.63) is 29.3 Å². The van der Waals surface area contributed by atoms with Crippen molar-refractivity contribution in [3.8, 4) is 5.75 Å². The zero-order valence-electron chi connectivity index (χ0n) is 10.9. The Hall–Kier alpha value is -1.35. The third kappa shape index (κ3) is 4.57. The molecule has 0 aliphatic rings. The highest BCUT2D eigenvalue weighted by Crippen LogP contribution is 2.19. The number of aldehydes is 1. The van der Waals surface area contributed by atoms with Gasteiger partial charge in [0.1, 0.15) is 12.0 Å². The monoisotopic (exact) mass is 235 g/mol. The van der Waals surface area contributed by atoms with E-state index in [0.29, 0.717) is 13.2 Å². The third-order valence-electron chi connectivity index (χ3n) is 2.71. The van der Waals surface area contributed by atoms with E-state index in [4.69, 9.17) is 4.74 Å². The second-order valence-electron chi connectivity index (χ2n) is 4.21. The molecule has 1 aromatic carbocycles. The zero-order valence-corrected chi connectivity index (χ0v) is 10.9. The van der Waals surface area contributed by atoms with Crippen LogP contribution in [0.5, 0.6) is 5.75 Å². The lowest BCUT2D eigenvalue weighted by Crippen LogP contribution is -2.23. The van der Waals surface area contributed by atoms with Gasteiger partial charge in [-0.3, -0.25) is 4.90 Å². The quantitative estimate of drug-likeness (QED) is 0.678. The lowest BCUT2D eigenvalue weighted by molar-refractivity contribution is -0.108. The topological polar surface area (TPSA) is 29.5 Å². The summed E-state index contributed by atoms with van der Waals surface area (Å²) < 4.78 is 5.50. The van der Waals surface area contributed by atoms with Gasteiger partial charge in [0.2, 0.25) is 0 Å². The van der Waals surface area contributed by atoms with Gasteiger partial charge in [0.05, 0.1) is 13.2 Å². The van der Waals surface area contributed by atoms with E-state index in [0.717, 1.165) is 25.0 Å². The van der Waals surface area contributed by atoms with Gasteiger partial charge in [-0.1, -0.05) is 12.1 Å². The smallest absolute Gasteiger partial charge is 0.133 e. The minimum Gasteiger partial charge on any atom is -0.494 e. The van der Waals surface area contributed by atoms with Gasteiger partial charge in [-0.25, -0.2) is 0 Å². The summed E-state index contributed by atoms with van der Waals surface area (Å²) in [6, 6.07) is 6.26. The van der Waals surface area contributed by atoms with Crippen LogP contribution >= 0.6 is 0 Å². The molecule has 0 aliphatic heterocycles. The first-order valence-corrected chi connectivity index (χ1v) is 6.02. The number of nitrogens with zero attached hydrogens (tertiary/aromatic N) is 1. The average molecular weight is 235 g/mol.